The zero-order valence-corrected chi connectivity index (χ0v) is 12.9. The Labute approximate surface area is 121 Å². The average molecular weight is 275 g/mol. The van der Waals surface area contributed by atoms with Crippen molar-refractivity contribution in [3.8, 4) is 0 Å². The lowest BCUT2D eigenvalue weighted by Gasteiger charge is -2.17. The van der Waals surface area contributed by atoms with Crippen molar-refractivity contribution in [1.82, 2.24) is 15.1 Å². The fraction of sp³-hybridized carbons (Fsp3) is 0.562. The van der Waals surface area contributed by atoms with E-state index in [1.807, 2.05) is 20.1 Å². The molecule has 2 aromatic heterocycles. The Hall–Kier alpha value is -1.55. The van der Waals surface area contributed by atoms with Crippen LogP contribution in [0.5, 0.6) is 0 Å². The van der Waals surface area contributed by atoms with Crippen molar-refractivity contribution in [2.45, 2.75) is 53.1 Å². The van der Waals surface area contributed by atoms with Crippen LogP contribution in [-0.4, -0.2) is 16.3 Å². The molecular formula is C16H25N3O. The van der Waals surface area contributed by atoms with Crippen LogP contribution in [0.25, 0.3) is 0 Å². The van der Waals surface area contributed by atoms with Crippen LogP contribution >= 0.6 is 0 Å². The largest absolute Gasteiger partial charge is 0.469 e. The highest BCUT2D eigenvalue weighted by atomic mass is 16.3. The Morgan fingerprint density at radius 3 is 2.70 bits per heavy atom. The number of hydrogen-bond donors (Lipinski definition) is 1. The normalized spacial score (nSPS) is 12.8. The maximum Gasteiger partial charge on any atom is 0.101 e. The molecule has 2 aromatic rings. The van der Waals surface area contributed by atoms with Crippen molar-refractivity contribution in [3.63, 3.8) is 0 Å². The van der Waals surface area contributed by atoms with Crippen molar-refractivity contribution in [1.29, 1.82) is 0 Å². The minimum atomic E-state index is 0.286. The minimum absolute atomic E-state index is 0.286. The molecule has 20 heavy (non-hydrogen) atoms. The van der Waals surface area contributed by atoms with Gasteiger partial charge in [0.1, 0.15) is 5.76 Å². The van der Waals surface area contributed by atoms with Gasteiger partial charge in [0.05, 0.1) is 12.0 Å². The molecule has 4 nitrogen and oxygen atoms in total. The van der Waals surface area contributed by atoms with E-state index in [0.717, 1.165) is 37.4 Å². The second-order valence-corrected chi connectivity index (χ2v) is 5.29. The predicted molar refractivity (Wildman–Crippen MR) is 80.8 cm³/mol. The van der Waals surface area contributed by atoms with Gasteiger partial charge in [-0.05, 0) is 45.9 Å². The number of nitrogens with one attached hydrogen (secondary N) is 1. The van der Waals surface area contributed by atoms with Crippen LogP contribution in [-0.2, 0) is 13.0 Å². The van der Waals surface area contributed by atoms with E-state index >= 15 is 0 Å². The average Bonchev–Trinajstić information content (AvgIpc) is 3.00. The molecule has 0 saturated carbocycles. The van der Waals surface area contributed by atoms with Crippen LogP contribution in [0, 0.1) is 13.8 Å². The molecule has 0 radical (unpaired) electrons. The van der Waals surface area contributed by atoms with E-state index in [9.17, 15) is 0 Å². The summed E-state index contributed by atoms with van der Waals surface area (Å²) in [5.41, 5.74) is 3.58. The summed E-state index contributed by atoms with van der Waals surface area (Å²) in [6.45, 7) is 10.3. The number of nitrogens with zero attached hydrogens (tertiary/aromatic N) is 2. The Morgan fingerprint density at radius 1 is 1.30 bits per heavy atom. The monoisotopic (exact) mass is 275 g/mol. The van der Waals surface area contributed by atoms with E-state index < -0.39 is 0 Å². The molecule has 0 saturated heterocycles. The fourth-order valence-corrected chi connectivity index (χ4v) is 2.52. The molecule has 2 rings (SSSR count). The molecule has 0 aliphatic rings. The highest BCUT2D eigenvalue weighted by Gasteiger charge is 2.16. The molecule has 4 heteroatoms. The first-order valence-electron chi connectivity index (χ1n) is 7.45. The molecule has 0 fully saturated rings. The molecule has 1 N–H and O–H groups in total. The highest BCUT2D eigenvalue weighted by Crippen LogP contribution is 2.21. The van der Waals surface area contributed by atoms with Gasteiger partial charge in [-0.2, -0.15) is 5.10 Å². The van der Waals surface area contributed by atoms with Crippen LogP contribution < -0.4 is 5.32 Å². The maximum absolute atomic E-state index is 5.46. The zero-order chi connectivity index (χ0) is 14.5. The van der Waals surface area contributed by atoms with Gasteiger partial charge in [0.15, 0.2) is 0 Å². The molecule has 2 heterocycles. The molecule has 0 aliphatic heterocycles. The number of aromatic nitrogens is 2. The van der Waals surface area contributed by atoms with Crippen molar-refractivity contribution in [2.24, 2.45) is 0 Å². The van der Waals surface area contributed by atoms with E-state index in [1.165, 1.54) is 11.3 Å². The van der Waals surface area contributed by atoms with Gasteiger partial charge in [0, 0.05) is 30.3 Å². The van der Waals surface area contributed by atoms with Crippen LogP contribution in [0.1, 0.15) is 49.0 Å². The van der Waals surface area contributed by atoms with Gasteiger partial charge in [-0.15, -0.1) is 0 Å². The zero-order valence-electron chi connectivity index (χ0n) is 12.9. The lowest BCUT2D eigenvalue weighted by molar-refractivity contribution is 0.488. The van der Waals surface area contributed by atoms with E-state index in [0.29, 0.717) is 0 Å². The Balaban J connectivity index is 2.18. The summed E-state index contributed by atoms with van der Waals surface area (Å²) in [5.74, 6) is 0.962. The van der Waals surface area contributed by atoms with Gasteiger partial charge in [-0.1, -0.05) is 6.92 Å². The number of hydrogen-bond acceptors (Lipinski definition) is 3. The SMILES string of the molecule is CCCNC(Cc1cc(C)nn1CC)c1coc(C)c1. The van der Waals surface area contributed by atoms with E-state index in [4.69, 9.17) is 4.42 Å². The highest BCUT2D eigenvalue weighted by molar-refractivity contribution is 5.20. The molecule has 110 valence electrons. The third kappa shape index (κ3) is 3.51. The van der Waals surface area contributed by atoms with Gasteiger partial charge in [-0.3, -0.25) is 4.68 Å². The lowest BCUT2D eigenvalue weighted by Crippen LogP contribution is -2.24. The first-order chi connectivity index (χ1) is 9.63. The third-order valence-electron chi connectivity index (χ3n) is 3.49. The van der Waals surface area contributed by atoms with Crippen molar-refractivity contribution >= 4 is 0 Å². The van der Waals surface area contributed by atoms with Gasteiger partial charge in [0.25, 0.3) is 0 Å². The van der Waals surface area contributed by atoms with Crippen LogP contribution in [0.15, 0.2) is 22.8 Å². The second kappa shape index (κ2) is 6.75. The third-order valence-corrected chi connectivity index (χ3v) is 3.49. The molecule has 1 unspecified atom stereocenters. The van der Waals surface area contributed by atoms with Crippen LogP contribution in [0.3, 0.4) is 0 Å². The van der Waals surface area contributed by atoms with Crippen LogP contribution in [0.2, 0.25) is 0 Å². The predicted octanol–water partition coefficient (Wildman–Crippen LogP) is 3.40. The Morgan fingerprint density at radius 2 is 2.10 bits per heavy atom. The molecule has 0 spiro atoms. The topological polar surface area (TPSA) is 43.0 Å². The van der Waals surface area contributed by atoms with Gasteiger partial charge >= 0.3 is 0 Å². The Kier molecular flexibility index (Phi) is 5.01. The van der Waals surface area contributed by atoms with Crippen molar-refractivity contribution in [2.75, 3.05) is 6.54 Å². The summed E-state index contributed by atoms with van der Waals surface area (Å²) in [7, 11) is 0. The number of furan rings is 1. The molecule has 0 bridgehead atoms. The van der Waals surface area contributed by atoms with Crippen molar-refractivity contribution in [3.05, 3.63) is 41.1 Å². The van der Waals surface area contributed by atoms with Gasteiger partial charge in [0.2, 0.25) is 0 Å². The second-order valence-electron chi connectivity index (χ2n) is 5.29. The summed E-state index contributed by atoms with van der Waals surface area (Å²) < 4.78 is 7.55. The molecular weight excluding hydrogens is 250 g/mol. The summed E-state index contributed by atoms with van der Waals surface area (Å²) in [6.07, 6.45) is 3.93. The summed E-state index contributed by atoms with van der Waals surface area (Å²) in [4.78, 5) is 0. The molecule has 1 atom stereocenters. The fourth-order valence-electron chi connectivity index (χ4n) is 2.52. The van der Waals surface area contributed by atoms with E-state index in [1.54, 1.807) is 0 Å². The van der Waals surface area contributed by atoms with Gasteiger partial charge in [-0.25, -0.2) is 0 Å². The van der Waals surface area contributed by atoms with Gasteiger partial charge < -0.3 is 9.73 Å². The summed E-state index contributed by atoms with van der Waals surface area (Å²) >= 11 is 0. The van der Waals surface area contributed by atoms with Crippen LogP contribution in [0.4, 0.5) is 0 Å². The summed E-state index contributed by atoms with van der Waals surface area (Å²) in [6, 6.07) is 4.58. The minimum Gasteiger partial charge on any atom is -0.469 e. The smallest absolute Gasteiger partial charge is 0.101 e. The quantitative estimate of drug-likeness (QED) is 0.842. The maximum atomic E-state index is 5.46. The standard InChI is InChI=1S/C16H25N3O/c1-5-7-17-16(14-9-13(4)20-11-14)10-15-8-12(3)18-19(15)6-2/h8-9,11,16-17H,5-7,10H2,1-4H3. The Bertz CT molecular complexity index is 542. The number of rotatable bonds is 7. The first-order valence-corrected chi connectivity index (χ1v) is 7.45. The van der Waals surface area contributed by atoms with E-state index in [2.05, 4.69) is 41.1 Å². The van der Waals surface area contributed by atoms with Crippen molar-refractivity contribution < 1.29 is 4.42 Å². The first kappa shape index (κ1) is 14.9. The lowest BCUT2D eigenvalue weighted by atomic mass is 10.0. The number of aryl methyl sites for hydroxylation is 3. The summed E-state index contributed by atoms with van der Waals surface area (Å²) in [5, 5.41) is 8.13. The van der Waals surface area contributed by atoms with E-state index in [-0.39, 0.29) is 6.04 Å². The molecule has 0 amide bonds. The molecule has 0 aliphatic carbocycles. The molecule has 0 aromatic carbocycles.